The number of hydrogen-bond donors (Lipinski definition) is 2. The van der Waals surface area contributed by atoms with Crippen molar-refractivity contribution in [1.29, 1.82) is 0 Å². The van der Waals surface area contributed by atoms with Crippen LogP contribution in [0.15, 0.2) is 48.5 Å². The van der Waals surface area contributed by atoms with E-state index in [1.165, 1.54) is 0 Å². The average molecular weight is 326 g/mol. The molecule has 5 heteroatoms. The standard InChI is InChI=1S/C19H22N2O3/c1-3-24-17-10-5-4-9-16(17)21-18(22)11-12-20-19(23)15-8-6-7-14(2)13-15/h4-10,13H,3,11-12H2,1-2H3,(H,20,23)(H,21,22). The molecule has 0 saturated heterocycles. The number of hydrogen-bond acceptors (Lipinski definition) is 3. The van der Waals surface area contributed by atoms with Gasteiger partial charge in [-0.05, 0) is 38.1 Å². The van der Waals surface area contributed by atoms with Gasteiger partial charge in [0, 0.05) is 18.5 Å². The van der Waals surface area contributed by atoms with Crippen molar-refractivity contribution >= 4 is 17.5 Å². The van der Waals surface area contributed by atoms with Crippen LogP contribution in [0.25, 0.3) is 0 Å². The number of nitrogens with one attached hydrogen (secondary N) is 2. The summed E-state index contributed by atoms with van der Waals surface area (Å²) >= 11 is 0. The summed E-state index contributed by atoms with van der Waals surface area (Å²) in [7, 11) is 0. The normalized spacial score (nSPS) is 10.1. The smallest absolute Gasteiger partial charge is 0.251 e. The molecule has 0 bridgehead atoms. The monoisotopic (exact) mass is 326 g/mol. The van der Waals surface area contributed by atoms with E-state index in [-0.39, 0.29) is 24.8 Å². The van der Waals surface area contributed by atoms with Crippen molar-refractivity contribution in [3.63, 3.8) is 0 Å². The van der Waals surface area contributed by atoms with Gasteiger partial charge in [-0.3, -0.25) is 9.59 Å². The number of aryl methyl sites for hydroxylation is 1. The highest BCUT2D eigenvalue weighted by Gasteiger charge is 2.09. The first-order chi connectivity index (χ1) is 11.6. The molecule has 0 radical (unpaired) electrons. The predicted octanol–water partition coefficient (Wildman–Crippen LogP) is 3.15. The van der Waals surface area contributed by atoms with Crippen molar-refractivity contribution < 1.29 is 14.3 Å². The highest BCUT2D eigenvalue weighted by molar-refractivity contribution is 5.95. The first-order valence-corrected chi connectivity index (χ1v) is 7.96. The van der Waals surface area contributed by atoms with Gasteiger partial charge in [0.15, 0.2) is 0 Å². The molecule has 0 aromatic heterocycles. The molecular formula is C19H22N2O3. The van der Waals surface area contributed by atoms with Gasteiger partial charge >= 0.3 is 0 Å². The Bertz CT molecular complexity index is 713. The lowest BCUT2D eigenvalue weighted by Crippen LogP contribution is -2.27. The van der Waals surface area contributed by atoms with E-state index >= 15 is 0 Å². The summed E-state index contributed by atoms with van der Waals surface area (Å²) in [6.45, 7) is 4.62. The second kappa shape index (κ2) is 8.72. The van der Waals surface area contributed by atoms with E-state index in [4.69, 9.17) is 4.74 Å². The Balaban J connectivity index is 1.82. The SMILES string of the molecule is CCOc1ccccc1NC(=O)CCNC(=O)c1cccc(C)c1. The molecule has 0 aliphatic heterocycles. The molecular weight excluding hydrogens is 304 g/mol. The summed E-state index contributed by atoms with van der Waals surface area (Å²) in [4.78, 5) is 24.0. The van der Waals surface area contributed by atoms with E-state index in [0.29, 0.717) is 23.6 Å². The van der Waals surface area contributed by atoms with E-state index in [0.717, 1.165) is 5.56 Å². The fourth-order valence-electron chi connectivity index (χ4n) is 2.24. The predicted molar refractivity (Wildman–Crippen MR) is 94.4 cm³/mol. The maximum absolute atomic E-state index is 12.0. The quantitative estimate of drug-likeness (QED) is 0.821. The summed E-state index contributed by atoms with van der Waals surface area (Å²) in [5, 5.41) is 5.55. The van der Waals surface area contributed by atoms with E-state index in [9.17, 15) is 9.59 Å². The Morgan fingerprint density at radius 1 is 1.08 bits per heavy atom. The first kappa shape index (κ1) is 17.5. The number of carbonyl (C=O) groups is 2. The lowest BCUT2D eigenvalue weighted by Gasteiger charge is -2.11. The number of amides is 2. The summed E-state index contributed by atoms with van der Waals surface area (Å²) in [5.74, 6) is 0.282. The molecule has 2 aromatic rings. The van der Waals surface area contributed by atoms with Crippen LogP contribution < -0.4 is 15.4 Å². The number of benzene rings is 2. The molecule has 0 saturated carbocycles. The molecule has 0 fully saturated rings. The molecule has 0 aliphatic carbocycles. The minimum absolute atomic E-state index is 0.174. The minimum Gasteiger partial charge on any atom is -0.492 e. The van der Waals surface area contributed by atoms with E-state index < -0.39 is 0 Å². The van der Waals surface area contributed by atoms with Gasteiger partial charge in [-0.1, -0.05) is 29.8 Å². The molecule has 126 valence electrons. The van der Waals surface area contributed by atoms with Crippen molar-refractivity contribution in [3.8, 4) is 5.75 Å². The van der Waals surface area contributed by atoms with Crippen LogP contribution in [0.2, 0.25) is 0 Å². The van der Waals surface area contributed by atoms with Gasteiger partial charge in [0.25, 0.3) is 5.91 Å². The second-order valence-corrected chi connectivity index (χ2v) is 5.35. The summed E-state index contributed by atoms with van der Waals surface area (Å²) < 4.78 is 5.47. The van der Waals surface area contributed by atoms with Crippen molar-refractivity contribution in [1.82, 2.24) is 5.32 Å². The van der Waals surface area contributed by atoms with Gasteiger partial charge in [0.2, 0.25) is 5.91 Å². The number of carbonyl (C=O) groups excluding carboxylic acids is 2. The van der Waals surface area contributed by atoms with Crippen molar-refractivity contribution in [2.75, 3.05) is 18.5 Å². The molecule has 0 aliphatic rings. The second-order valence-electron chi connectivity index (χ2n) is 5.35. The molecule has 0 unspecified atom stereocenters. The number of para-hydroxylation sites is 2. The van der Waals surface area contributed by atoms with Crippen molar-refractivity contribution in [3.05, 3.63) is 59.7 Å². The molecule has 2 amide bonds. The maximum atomic E-state index is 12.0. The van der Waals surface area contributed by atoms with Crippen LogP contribution in [-0.4, -0.2) is 25.0 Å². The number of rotatable bonds is 7. The lowest BCUT2D eigenvalue weighted by atomic mass is 10.1. The molecule has 0 spiro atoms. The summed E-state index contributed by atoms with van der Waals surface area (Å²) in [5.41, 5.74) is 2.25. The molecule has 2 N–H and O–H groups in total. The lowest BCUT2D eigenvalue weighted by molar-refractivity contribution is -0.116. The van der Waals surface area contributed by atoms with Crippen LogP contribution in [0.3, 0.4) is 0 Å². The van der Waals surface area contributed by atoms with Crippen LogP contribution in [0.5, 0.6) is 5.75 Å². The van der Waals surface area contributed by atoms with Crippen LogP contribution in [0.1, 0.15) is 29.3 Å². The Morgan fingerprint density at radius 2 is 1.88 bits per heavy atom. The van der Waals surface area contributed by atoms with Crippen LogP contribution in [0.4, 0.5) is 5.69 Å². The van der Waals surface area contributed by atoms with Crippen LogP contribution in [0, 0.1) is 6.92 Å². The van der Waals surface area contributed by atoms with Gasteiger partial charge in [0.1, 0.15) is 5.75 Å². The van der Waals surface area contributed by atoms with Gasteiger partial charge in [-0.15, -0.1) is 0 Å². The Labute approximate surface area is 142 Å². The number of ether oxygens (including phenoxy) is 1. The summed E-state index contributed by atoms with van der Waals surface area (Å²) in [6.07, 6.45) is 0.192. The molecule has 24 heavy (non-hydrogen) atoms. The van der Waals surface area contributed by atoms with E-state index in [2.05, 4.69) is 10.6 Å². The largest absolute Gasteiger partial charge is 0.492 e. The van der Waals surface area contributed by atoms with Crippen molar-refractivity contribution in [2.45, 2.75) is 20.3 Å². The first-order valence-electron chi connectivity index (χ1n) is 7.96. The van der Waals surface area contributed by atoms with Gasteiger partial charge < -0.3 is 15.4 Å². The van der Waals surface area contributed by atoms with Gasteiger partial charge in [0.05, 0.1) is 12.3 Å². The fourth-order valence-corrected chi connectivity index (χ4v) is 2.24. The molecule has 0 atom stereocenters. The average Bonchev–Trinajstić information content (AvgIpc) is 2.57. The maximum Gasteiger partial charge on any atom is 0.251 e. The molecule has 2 rings (SSSR count). The number of anilines is 1. The topological polar surface area (TPSA) is 67.4 Å². The van der Waals surface area contributed by atoms with Crippen LogP contribution in [-0.2, 0) is 4.79 Å². The fraction of sp³-hybridized carbons (Fsp3) is 0.263. The zero-order valence-electron chi connectivity index (χ0n) is 14.0. The van der Waals surface area contributed by atoms with Crippen LogP contribution >= 0.6 is 0 Å². The third-order valence-corrected chi connectivity index (χ3v) is 3.38. The molecule has 5 nitrogen and oxygen atoms in total. The third-order valence-electron chi connectivity index (χ3n) is 3.38. The van der Waals surface area contributed by atoms with Crippen molar-refractivity contribution in [2.24, 2.45) is 0 Å². The molecule has 2 aromatic carbocycles. The molecule has 0 heterocycles. The van der Waals surface area contributed by atoms with E-state index in [1.807, 2.05) is 44.2 Å². The van der Waals surface area contributed by atoms with Gasteiger partial charge in [-0.2, -0.15) is 0 Å². The Hall–Kier alpha value is -2.82. The minimum atomic E-state index is -0.179. The Kier molecular flexibility index (Phi) is 6.37. The highest BCUT2D eigenvalue weighted by atomic mass is 16.5. The highest BCUT2D eigenvalue weighted by Crippen LogP contribution is 2.23. The van der Waals surface area contributed by atoms with Gasteiger partial charge in [-0.25, -0.2) is 0 Å². The Morgan fingerprint density at radius 3 is 2.62 bits per heavy atom. The van der Waals surface area contributed by atoms with E-state index in [1.54, 1.807) is 18.2 Å². The zero-order valence-corrected chi connectivity index (χ0v) is 14.0. The third kappa shape index (κ3) is 5.12. The zero-order chi connectivity index (χ0) is 17.4. The summed E-state index contributed by atoms with van der Waals surface area (Å²) in [6, 6.07) is 14.6.